The summed E-state index contributed by atoms with van der Waals surface area (Å²) in [6, 6.07) is 16.5. The number of nitrogens with zero attached hydrogens (tertiary/aromatic N) is 3. The molecule has 0 atom stereocenters. The summed E-state index contributed by atoms with van der Waals surface area (Å²) in [7, 11) is 1.56. The van der Waals surface area contributed by atoms with Crippen LogP contribution in [0.2, 0.25) is 5.02 Å². The number of amides is 1. The molecular formula is C22H19ClN4O2. The van der Waals surface area contributed by atoms with Crippen LogP contribution in [-0.2, 0) is 0 Å². The molecule has 0 bridgehead atoms. The Bertz CT molecular complexity index is 1230. The number of ether oxygens (including phenoxy) is 1. The third-order valence-electron chi connectivity index (χ3n) is 4.63. The molecule has 6 nitrogen and oxygen atoms in total. The second-order valence-electron chi connectivity index (χ2n) is 6.78. The van der Waals surface area contributed by atoms with Gasteiger partial charge in [0.25, 0.3) is 5.91 Å². The summed E-state index contributed by atoms with van der Waals surface area (Å²) in [6.45, 7) is 3.93. The van der Waals surface area contributed by atoms with Crippen LogP contribution in [0.3, 0.4) is 0 Å². The van der Waals surface area contributed by atoms with E-state index in [4.69, 9.17) is 16.3 Å². The van der Waals surface area contributed by atoms with Crippen LogP contribution in [0.25, 0.3) is 16.7 Å². The lowest BCUT2D eigenvalue weighted by Crippen LogP contribution is -2.13. The number of carbonyl (C=O) groups excluding carboxylic acids is 1. The van der Waals surface area contributed by atoms with Crippen LogP contribution in [0.4, 0.5) is 5.69 Å². The van der Waals surface area contributed by atoms with Gasteiger partial charge in [-0.25, -0.2) is 0 Å². The molecule has 1 N–H and O–H groups in total. The lowest BCUT2D eigenvalue weighted by atomic mass is 10.1. The van der Waals surface area contributed by atoms with Crippen LogP contribution >= 0.6 is 11.6 Å². The van der Waals surface area contributed by atoms with Crippen LogP contribution < -0.4 is 10.1 Å². The SMILES string of the molecule is COc1ccc(-n2nc3ccc(NC(=O)c4ccc(C)cc4C)cc3n2)cc1Cl. The van der Waals surface area contributed by atoms with Crippen LogP contribution in [0.5, 0.6) is 5.75 Å². The predicted molar refractivity (Wildman–Crippen MR) is 114 cm³/mol. The fourth-order valence-electron chi connectivity index (χ4n) is 3.15. The summed E-state index contributed by atoms with van der Waals surface area (Å²) in [5.74, 6) is 0.430. The number of halogens is 1. The summed E-state index contributed by atoms with van der Waals surface area (Å²) in [6.07, 6.45) is 0. The van der Waals surface area contributed by atoms with E-state index in [2.05, 4.69) is 15.5 Å². The summed E-state index contributed by atoms with van der Waals surface area (Å²) in [4.78, 5) is 14.1. The van der Waals surface area contributed by atoms with E-state index in [-0.39, 0.29) is 5.91 Å². The molecule has 1 aromatic heterocycles. The van der Waals surface area contributed by atoms with E-state index >= 15 is 0 Å². The molecular weight excluding hydrogens is 388 g/mol. The van der Waals surface area contributed by atoms with Gasteiger partial charge in [0.1, 0.15) is 16.8 Å². The molecule has 4 rings (SSSR count). The highest BCUT2D eigenvalue weighted by atomic mass is 35.5. The number of aryl methyl sites for hydroxylation is 2. The molecule has 0 saturated heterocycles. The van der Waals surface area contributed by atoms with Crippen molar-refractivity contribution in [3.05, 3.63) is 76.3 Å². The van der Waals surface area contributed by atoms with Gasteiger partial charge in [-0.15, -0.1) is 10.2 Å². The maximum Gasteiger partial charge on any atom is 0.255 e. The summed E-state index contributed by atoms with van der Waals surface area (Å²) in [5, 5.41) is 12.4. The van der Waals surface area contributed by atoms with E-state index in [9.17, 15) is 4.79 Å². The molecule has 1 heterocycles. The molecule has 29 heavy (non-hydrogen) atoms. The Labute approximate surface area is 173 Å². The molecule has 0 aliphatic rings. The molecule has 3 aromatic carbocycles. The molecule has 0 unspecified atom stereocenters. The second-order valence-corrected chi connectivity index (χ2v) is 7.19. The first-order valence-electron chi connectivity index (χ1n) is 9.04. The Kier molecular flexibility index (Phi) is 4.94. The second kappa shape index (κ2) is 7.56. The molecule has 146 valence electrons. The Hall–Kier alpha value is -3.38. The molecule has 0 radical (unpaired) electrons. The Balaban J connectivity index is 1.61. The number of rotatable bonds is 4. The number of anilines is 1. The summed E-state index contributed by atoms with van der Waals surface area (Å²) in [5.41, 5.74) is 5.45. The molecule has 1 amide bonds. The van der Waals surface area contributed by atoms with Gasteiger partial charge >= 0.3 is 0 Å². The van der Waals surface area contributed by atoms with Crippen molar-refractivity contribution in [1.29, 1.82) is 0 Å². The van der Waals surface area contributed by atoms with Gasteiger partial charge < -0.3 is 10.1 Å². The zero-order valence-corrected chi connectivity index (χ0v) is 17.0. The van der Waals surface area contributed by atoms with Crippen molar-refractivity contribution in [2.75, 3.05) is 12.4 Å². The fourth-order valence-corrected chi connectivity index (χ4v) is 3.41. The average Bonchev–Trinajstić information content (AvgIpc) is 3.11. The highest BCUT2D eigenvalue weighted by Gasteiger charge is 2.12. The minimum absolute atomic E-state index is 0.156. The Morgan fingerprint density at radius 3 is 2.52 bits per heavy atom. The monoisotopic (exact) mass is 406 g/mol. The van der Waals surface area contributed by atoms with Crippen molar-refractivity contribution in [3.8, 4) is 11.4 Å². The first-order chi connectivity index (χ1) is 13.9. The average molecular weight is 407 g/mol. The van der Waals surface area contributed by atoms with Crippen molar-refractivity contribution in [2.24, 2.45) is 0 Å². The van der Waals surface area contributed by atoms with Crippen molar-refractivity contribution in [1.82, 2.24) is 15.0 Å². The molecule has 0 spiro atoms. The highest BCUT2D eigenvalue weighted by Crippen LogP contribution is 2.27. The van der Waals surface area contributed by atoms with Gasteiger partial charge in [0.2, 0.25) is 0 Å². The molecule has 4 aromatic rings. The topological polar surface area (TPSA) is 69.0 Å². The van der Waals surface area contributed by atoms with Gasteiger partial charge in [0.15, 0.2) is 0 Å². The van der Waals surface area contributed by atoms with E-state index in [1.807, 2.05) is 50.2 Å². The fraction of sp³-hybridized carbons (Fsp3) is 0.136. The minimum Gasteiger partial charge on any atom is -0.495 e. The van der Waals surface area contributed by atoms with Gasteiger partial charge in [-0.2, -0.15) is 4.80 Å². The summed E-state index contributed by atoms with van der Waals surface area (Å²) < 4.78 is 5.18. The quantitative estimate of drug-likeness (QED) is 0.520. The predicted octanol–water partition coefficient (Wildman–Crippen LogP) is 4.95. The molecule has 7 heteroatoms. The van der Waals surface area contributed by atoms with E-state index in [0.29, 0.717) is 38.7 Å². The van der Waals surface area contributed by atoms with Gasteiger partial charge in [-0.3, -0.25) is 4.79 Å². The van der Waals surface area contributed by atoms with E-state index in [1.165, 1.54) is 4.80 Å². The van der Waals surface area contributed by atoms with E-state index < -0.39 is 0 Å². The standard InChI is InChI=1S/C22H19ClN4O2/c1-13-4-7-17(14(2)10-13)22(28)24-15-5-8-19-20(11-15)26-27(25-19)16-6-9-21(29-3)18(23)12-16/h4-12H,1-3H3,(H,24,28). The number of hydrogen-bond acceptors (Lipinski definition) is 4. The minimum atomic E-state index is -0.156. The third kappa shape index (κ3) is 3.79. The zero-order chi connectivity index (χ0) is 20.5. The number of methoxy groups -OCH3 is 1. The van der Waals surface area contributed by atoms with Crippen molar-refractivity contribution in [2.45, 2.75) is 13.8 Å². The normalized spacial score (nSPS) is 10.9. The zero-order valence-electron chi connectivity index (χ0n) is 16.2. The lowest BCUT2D eigenvalue weighted by Gasteiger charge is -2.08. The van der Waals surface area contributed by atoms with Crippen molar-refractivity contribution >= 4 is 34.2 Å². The van der Waals surface area contributed by atoms with Gasteiger partial charge in [-0.05, 0) is 61.9 Å². The smallest absolute Gasteiger partial charge is 0.255 e. The number of benzene rings is 3. The molecule has 0 aliphatic carbocycles. The molecule has 0 fully saturated rings. The first kappa shape index (κ1) is 19.0. The maximum atomic E-state index is 12.6. The van der Waals surface area contributed by atoms with Gasteiger partial charge in [0, 0.05) is 11.3 Å². The van der Waals surface area contributed by atoms with Crippen LogP contribution in [-0.4, -0.2) is 28.0 Å². The number of fused-ring (bicyclic) bond motifs is 1. The third-order valence-corrected chi connectivity index (χ3v) is 4.93. The van der Waals surface area contributed by atoms with Gasteiger partial charge in [0.05, 0.1) is 17.8 Å². The molecule has 0 saturated carbocycles. The molecule has 0 aliphatic heterocycles. The van der Waals surface area contributed by atoms with Crippen LogP contribution in [0.1, 0.15) is 21.5 Å². The van der Waals surface area contributed by atoms with E-state index in [1.54, 1.807) is 25.3 Å². The van der Waals surface area contributed by atoms with Crippen molar-refractivity contribution < 1.29 is 9.53 Å². The number of hydrogen-bond donors (Lipinski definition) is 1. The Morgan fingerprint density at radius 2 is 1.79 bits per heavy atom. The number of carbonyl (C=O) groups is 1. The highest BCUT2D eigenvalue weighted by molar-refractivity contribution is 6.32. The largest absolute Gasteiger partial charge is 0.495 e. The number of nitrogens with one attached hydrogen (secondary N) is 1. The van der Waals surface area contributed by atoms with Crippen molar-refractivity contribution in [3.63, 3.8) is 0 Å². The first-order valence-corrected chi connectivity index (χ1v) is 9.42. The maximum absolute atomic E-state index is 12.6. The van der Waals surface area contributed by atoms with Crippen LogP contribution in [0.15, 0.2) is 54.6 Å². The van der Waals surface area contributed by atoms with Crippen LogP contribution in [0, 0.1) is 13.8 Å². The summed E-state index contributed by atoms with van der Waals surface area (Å²) >= 11 is 6.20. The van der Waals surface area contributed by atoms with E-state index in [0.717, 1.165) is 11.1 Å². The lowest BCUT2D eigenvalue weighted by molar-refractivity contribution is 0.102. The number of aromatic nitrogens is 3. The van der Waals surface area contributed by atoms with Gasteiger partial charge in [-0.1, -0.05) is 29.3 Å². The Morgan fingerprint density at radius 1 is 1.00 bits per heavy atom.